The number of hydrogen-bond donors (Lipinski definition) is 0. The lowest BCUT2D eigenvalue weighted by molar-refractivity contribution is -0.142. The smallest absolute Gasteiger partial charge is 0.312 e. The van der Waals surface area contributed by atoms with E-state index in [9.17, 15) is 4.79 Å². The molecule has 0 saturated carbocycles. The van der Waals surface area contributed by atoms with Gasteiger partial charge in [0.05, 0.1) is 13.0 Å². The number of hydrogen-bond acceptors (Lipinski definition) is 6. The number of benzene rings is 1. The van der Waals surface area contributed by atoms with Crippen molar-refractivity contribution in [2.24, 2.45) is 0 Å². The Morgan fingerprint density at radius 1 is 1.39 bits per heavy atom. The molecule has 0 unspecified atom stereocenters. The number of nitrogens with zero attached hydrogens (tertiary/aromatic N) is 1. The van der Waals surface area contributed by atoms with Crippen LogP contribution in [-0.2, 0) is 16.0 Å². The summed E-state index contributed by atoms with van der Waals surface area (Å²) < 4.78 is 20.5. The fraction of sp³-hybridized carbons (Fsp3) is 0.333. The van der Waals surface area contributed by atoms with Crippen molar-refractivity contribution >= 4 is 16.9 Å². The Labute approximate surface area is 102 Å². The highest BCUT2D eigenvalue weighted by Crippen LogP contribution is 2.37. The van der Waals surface area contributed by atoms with Crippen molar-refractivity contribution in [3.63, 3.8) is 0 Å². The van der Waals surface area contributed by atoms with Crippen LogP contribution in [0, 0.1) is 0 Å². The minimum Gasteiger partial charge on any atom is -0.466 e. The van der Waals surface area contributed by atoms with Gasteiger partial charge in [-0.2, -0.15) is 0 Å². The van der Waals surface area contributed by atoms with Crippen molar-refractivity contribution in [1.29, 1.82) is 0 Å². The summed E-state index contributed by atoms with van der Waals surface area (Å²) in [6, 6.07) is 3.47. The molecule has 1 aromatic heterocycles. The molecule has 6 nitrogen and oxygen atoms in total. The predicted molar refractivity (Wildman–Crippen MR) is 60.5 cm³/mol. The summed E-state index contributed by atoms with van der Waals surface area (Å²) in [7, 11) is 0. The molecule has 0 radical (unpaired) electrons. The van der Waals surface area contributed by atoms with Crippen LogP contribution in [-0.4, -0.2) is 24.5 Å². The summed E-state index contributed by atoms with van der Waals surface area (Å²) in [5.41, 5.74) is 1.11. The van der Waals surface area contributed by atoms with Crippen molar-refractivity contribution < 1.29 is 23.5 Å². The first-order valence-corrected chi connectivity index (χ1v) is 5.61. The molecule has 0 bridgehead atoms. The van der Waals surface area contributed by atoms with Gasteiger partial charge in [0.1, 0.15) is 5.69 Å². The number of ether oxygens (including phenoxy) is 3. The second-order valence-corrected chi connectivity index (χ2v) is 3.81. The fourth-order valence-corrected chi connectivity index (χ4v) is 1.85. The number of carbonyl (C=O) groups excluding carboxylic acids is 1. The zero-order chi connectivity index (χ0) is 12.5. The second kappa shape index (κ2) is 4.21. The SMILES string of the molecule is CCOC(=O)Cc1noc2cc3c(cc12)OCO3. The van der Waals surface area contributed by atoms with E-state index in [1.807, 2.05) is 0 Å². The molecule has 0 atom stereocenters. The first kappa shape index (κ1) is 10.9. The Kier molecular flexibility index (Phi) is 2.55. The van der Waals surface area contributed by atoms with Crippen LogP contribution >= 0.6 is 0 Å². The lowest BCUT2D eigenvalue weighted by Crippen LogP contribution is -2.07. The van der Waals surface area contributed by atoms with E-state index in [-0.39, 0.29) is 19.2 Å². The van der Waals surface area contributed by atoms with E-state index in [1.54, 1.807) is 19.1 Å². The van der Waals surface area contributed by atoms with Gasteiger partial charge in [-0.25, -0.2) is 0 Å². The normalized spacial score (nSPS) is 12.9. The molecule has 18 heavy (non-hydrogen) atoms. The summed E-state index contributed by atoms with van der Waals surface area (Å²) >= 11 is 0. The largest absolute Gasteiger partial charge is 0.466 e. The van der Waals surface area contributed by atoms with Crippen molar-refractivity contribution in [3.8, 4) is 11.5 Å². The molecule has 1 aliphatic heterocycles. The van der Waals surface area contributed by atoms with Crippen LogP contribution in [0.15, 0.2) is 16.7 Å². The first-order valence-electron chi connectivity index (χ1n) is 5.61. The second-order valence-electron chi connectivity index (χ2n) is 3.81. The van der Waals surface area contributed by atoms with E-state index in [1.165, 1.54) is 0 Å². The molecule has 0 N–H and O–H groups in total. The van der Waals surface area contributed by atoms with Crippen molar-refractivity contribution in [2.45, 2.75) is 13.3 Å². The molecule has 2 aromatic rings. The molecule has 1 aliphatic rings. The third kappa shape index (κ3) is 1.75. The molecule has 1 aromatic carbocycles. The topological polar surface area (TPSA) is 70.8 Å². The van der Waals surface area contributed by atoms with Gasteiger partial charge in [-0.1, -0.05) is 5.16 Å². The highest BCUT2D eigenvalue weighted by molar-refractivity contribution is 5.87. The molecule has 2 heterocycles. The van der Waals surface area contributed by atoms with Crippen molar-refractivity contribution in [1.82, 2.24) is 5.16 Å². The molecule has 0 aliphatic carbocycles. The van der Waals surface area contributed by atoms with Crippen LogP contribution in [0.1, 0.15) is 12.6 Å². The summed E-state index contributed by atoms with van der Waals surface area (Å²) in [4.78, 5) is 11.4. The van der Waals surface area contributed by atoms with Crippen LogP contribution in [0.5, 0.6) is 11.5 Å². The van der Waals surface area contributed by atoms with Crippen molar-refractivity contribution in [2.75, 3.05) is 13.4 Å². The zero-order valence-corrected chi connectivity index (χ0v) is 9.76. The molecule has 6 heteroatoms. The fourth-order valence-electron chi connectivity index (χ4n) is 1.85. The van der Waals surface area contributed by atoms with E-state index < -0.39 is 0 Å². The van der Waals surface area contributed by atoms with E-state index in [0.717, 1.165) is 5.39 Å². The number of esters is 1. The van der Waals surface area contributed by atoms with Gasteiger partial charge in [-0.3, -0.25) is 4.79 Å². The van der Waals surface area contributed by atoms with Crippen LogP contribution in [0.3, 0.4) is 0 Å². The van der Waals surface area contributed by atoms with E-state index >= 15 is 0 Å². The molecule has 0 fully saturated rings. The molecule has 0 saturated heterocycles. The standard InChI is InChI=1S/C12H11NO5/c1-2-15-12(14)4-8-7-3-10-11(17-6-16-10)5-9(7)18-13-8/h3,5H,2,4,6H2,1H3. The number of rotatable bonds is 3. The Balaban J connectivity index is 1.96. The van der Waals surface area contributed by atoms with Crippen molar-refractivity contribution in [3.05, 3.63) is 17.8 Å². The summed E-state index contributed by atoms with van der Waals surface area (Å²) in [5, 5.41) is 4.61. The maximum atomic E-state index is 11.4. The van der Waals surface area contributed by atoms with E-state index in [2.05, 4.69) is 5.16 Å². The van der Waals surface area contributed by atoms with Gasteiger partial charge in [-0.15, -0.1) is 0 Å². The van der Waals surface area contributed by atoms with Crippen LogP contribution < -0.4 is 9.47 Å². The summed E-state index contributed by atoms with van der Waals surface area (Å²) in [5.74, 6) is 0.933. The number of fused-ring (bicyclic) bond motifs is 2. The zero-order valence-electron chi connectivity index (χ0n) is 9.76. The lowest BCUT2D eigenvalue weighted by atomic mass is 10.1. The van der Waals surface area contributed by atoms with Gasteiger partial charge in [-0.05, 0) is 13.0 Å². The maximum absolute atomic E-state index is 11.4. The van der Waals surface area contributed by atoms with E-state index in [0.29, 0.717) is 29.4 Å². The summed E-state index contributed by atoms with van der Waals surface area (Å²) in [6.07, 6.45) is 0.0838. The highest BCUT2D eigenvalue weighted by atomic mass is 16.7. The Hall–Kier alpha value is -2.24. The molecule has 94 valence electrons. The van der Waals surface area contributed by atoms with Crippen LogP contribution in [0.25, 0.3) is 11.0 Å². The maximum Gasteiger partial charge on any atom is 0.312 e. The Bertz CT molecular complexity index is 604. The first-order chi connectivity index (χ1) is 8.78. The highest BCUT2D eigenvalue weighted by Gasteiger charge is 2.20. The third-order valence-electron chi connectivity index (χ3n) is 2.66. The van der Waals surface area contributed by atoms with Crippen LogP contribution in [0.2, 0.25) is 0 Å². The molecule has 0 amide bonds. The van der Waals surface area contributed by atoms with Crippen LogP contribution in [0.4, 0.5) is 0 Å². The lowest BCUT2D eigenvalue weighted by Gasteiger charge is -1.99. The minimum atomic E-state index is -0.328. The number of aromatic nitrogens is 1. The van der Waals surface area contributed by atoms with Gasteiger partial charge >= 0.3 is 5.97 Å². The average Bonchev–Trinajstić information content (AvgIpc) is 2.94. The molecular formula is C12H11NO5. The summed E-state index contributed by atoms with van der Waals surface area (Å²) in [6.45, 7) is 2.31. The van der Waals surface area contributed by atoms with Gasteiger partial charge < -0.3 is 18.7 Å². The molecule has 0 spiro atoms. The molecule has 3 rings (SSSR count). The quantitative estimate of drug-likeness (QED) is 0.770. The molecular weight excluding hydrogens is 238 g/mol. The Morgan fingerprint density at radius 2 is 2.17 bits per heavy atom. The monoisotopic (exact) mass is 249 g/mol. The minimum absolute atomic E-state index is 0.0838. The van der Waals surface area contributed by atoms with E-state index in [4.69, 9.17) is 18.7 Å². The van der Waals surface area contributed by atoms with Gasteiger partial charge in [0.2, 0.25) is 6.79 Å². The van der Waals surface area contributed by atoms with Gasteiger partial charge in [0.15, 0.2) is 17.1 Å². The average molecular weight is 249 g/mol. The predicted octanol–water partition coefficient (Wildman–Crippen LogP) is 1.66. The van der Waals surface area contributed by atoms with Gasteiger partial charge in [0.25, 0.3) is 0 Å². The third-order valence-corrected chi connectivity index (χ3v) is 2.66. The number of carbonyl (C=O) groups is 1. The van der Waals surface area contributed by atoms with Gasteiger partial charge in [0, 0.05) is 11.5 Å². The Morgan fingerprint density at radius 3 is 2.94 bits per heavy atom.